The third-order valence-corrected chi connectivity index (χ3v) is 3.31. The quantitative estimate of drug-likeness (QED) is 0.281. The average Bonchev–Trinajstić information content (AvgIpc) is 3.10. The van der Waals surface area contributed by atoms with Crippen molar-refractivity contribution in [2.45, 2.75) is 19.5 Å². The Morgan fingerprint density at radius 2 is 2.08 bits per heavy atom. The first-order chi connectivity index (χ1) is 11.2. The van der Waals surface area contributed by atoms with E-state index in [1.54, 1.807) is 20.4 Å². The SMILES string of the molecule is COc1ccc(CN=C(N)NCCCn2cccn2)cc1OC.I. The first kappa shape index (κ1) is 20.1. The third-order valence-electron chi connectivity index (χ3n) is 3.31. The lowest BCUT2D eigenvalue weighted by Gasteiger charge is -2.09. The molecule has 0 saturated heterocycles. The van der Waals surface area contributed by atoms with Crippen molar-refractivity contribution in [3.8, 4) is 11.5 Å². The highest BCUT2D eigenvalue weighted by atomic mass is 127. The van der Waals surface area contributed by atoms with Gasteiger partial charge in [0.1, 0.15) is 0 Å². The molecule has 24 heavy (non-hydrogen) atoms. The Hall–Kier alpha value is -1.97. The number of nitrogens with one attached hydrogen (secondary N) is 1. The number of hydrogen-bond acceptors (Lipinski definition) is 4. The lowest BCUT2D eigenvalue weighted by molar-refractivity contribution is 0.354. The van der Waals surface area contributed by atoms with Gasteiger partial charge in [-0.05, 0) is 30.2 Å². The zero-order valence-electron chi connectivity index (χ0n) is 13.9. The molecule has 1 heterocycles. The number of aryl methyl sites for hydroxylation is 1. The highest BCUT2D eigenvalue weighted by Gasteiger charge is 2.04. The smallest absolute Gasteiger partial charge is 0.188 e. The summed E-state index contributed by atoms with van der Waals surface area (Å²) in [6.07, 6.45) is 4.63. The van der Waals surface area contributed by atoms with Gasteiger partial charge in [0.15, 0.2) is 17.5 Å². The zero-order valence-corrected chi connectivity index (χ0v) is 16.3. The van der Waals surface area contributed by atoms with Crippen LogP contribution in [0.1, 0.15) is 12.0 Å². The van der Waals surface area contributed by atoms with Gasteiger partial charge in [-0.3, -0.25) is 4.68 Å². The van der Waals surface area contributed by atoms with E-state index in [1.165, 1.54) is 0 Å². The molecule has 0 saturated carbocycles. The Morgan fingerprint density at radius 1 is 1.29 bits per heavy atom. The molecule has 2 aromatic rings. The second kappa shape index (κ2) is 10.7. The molecule has 3 N–H and O–H groups in total. The molecule has 132 valence electrons. The maximum absolute atomic E-state index is 5.87. The van der Waals surface area contributed by atoms with Gasteiger partial charge in [0.05, 0.1) is 20.8 Å². The highest BCUT2D eigenvalue weighted by Crippen LogP contribution is 2.27. The number of rotatable bonds is 8. The average molecular weight is 445 g/mol. The number of methoxy groups -OCH3 is 2. The summed E-state index contributed by atoms with van der Waals surface area (Å²) in [4.78, 5) is 4.32. The fourth-order valence-electron chi connectivity index (χ4n) is 2.10. The lowest BCUT2D eigenvalue weighted by atomic mass is 10.2. The molecule has 0 aliphatic carbocycles. The first-order valence-electron chi connectivity index (χ1n) is 7.45. The van der Waals surface area contributed by atoms with Gasteiger partial charge in [0.2, 0.25) is 0 Å². The molecule has 0 spiro atoms. The summed E-state index contributed by atoms with van der Waals surface area (Å²) in [5.41, 5.74) is 6.87. The molecular formula is C16H24IN5O2. The van der Waals surface area contributed by atoms with Gasteiger partial charge in [-0.15, -0.1) is 24.0 Å². The van der Waals surface area contributed by atoms with Crippen LogP contribution in [0.3, 0.4) is 0 Å². The Labute approximate surface area is 159 Å². The molecule has 1 aromatic carbocycles. The molecule has 0 aliphatic rings. The number of ether oxygens (including phenoxy) is 2. The molecule has 0 unspecified atom stereocenters. The van der Waals surface area contributed by atoms with Crippen LogP contribution >= 0.6 is 24.0 Å². The van der Waals surface area contributed by atoms with Crippen LogP contribution in [0.5, 0.6) is 11.5 Å². The number of benzene rings is 1. The molecule has 0 aliphatic heterocycles. The molecule has 0 atom stereocenters. The molecule has 1 aromatic heterocycles. The fraction of sp³-hybridized carbons (Fsp3) is 0.375. The summed E-state index contributed by atoms with van der Waals surface area (Å²) in [6, 6.07) is 7.60. The van der Waals surface area contributed by atoms with E-state index in [9.17, 15) is 0 Å². The van der Waals surface area contributed by atoms with E-state index >= 15 is 0 Å². The van der Waals surface area contributed by atoms with E-state index < -0.39 is 0 Å². The molecule has 0 amide bonds. The Balaban J connectivity index is 0.00000288. The van der Waals surface area contributed by atoms with E-state index in [2.05, 4.69) is 15.4 Å². The van der Waals surface area contributed by atoms with E-state index in [4.69, 9.17) is 15.2 Å². The van der Waals surface area contributed by atoms with Crippen LogP contribution in [0.25, 0.3) is 0 Å². The first-order valence-corrected chi connectivity index (χ1v) is 7.45. The summed E-state index contributed by atoms with van der Waals surface area (Å²) in [6.45, 7) is 2.09. The van der Waals surface area contributed by atoms with Crippen LogP contribution in [0.4, 0.5) is 0 Å². The fourth-order valence-corrected chi connectivity index (χ4v) is 2.10. The van der Waals surface area contributed by atoms with Crippen molar-refractivity contribution in [1.82, 2.24) is 15.1 Å². The molecule has 0 fully saturated rings. The number of guanidine groups is 1. The van der Waals surface area contributed by atoms with Crippen molar-refractivity contribution < 1.29 is 9.47 Å². The Morgan fingerprint density at radius 3 is 2.75 bits per heavy atom. The van der Waals surface area contributed by atoms with Crippen molar-refractivity contribution in [3.63, 3.8) is 0 Å². The molecule has 2 rings (SSSR count). The molecule has 0 radical (unpaired) electrons. The summed E-state index contributed by atoms with van der Waals surface area (Å²) >= 11 is 0. The van der Waals surface area contributed by atoms with Gasteiger partial charge in [-0.25, -0.2) is 4.99 Å². The summed E-state index contributed by atoms with van der Waals surface area (Å²) in [5.74, 6) is 1.82. The van der Waals surface area contributed by atoms with Crippen molar-refractivity contribution >= 4 is 29.9 Å². The number of hydrogen-bond donors (Lipinski definition) is 2. The zero-order chi connectivity index (χ0) is 16.5. The summed E-state index contributed by atoms with van der Waals surface area (Å²) in [5, 5.41) is 7.24. The van der Waals surface area contributed by atoms with Crippen molar-refractivity contribution in [1.29, 1.82) is 0 Å². The number of halogens is 1. The minimum absolute atomic E-state index is 0. The van der Waals surface area contributed by atoms with Crippen LogP contribution in [0, 0.1) is 0 Å². The topological polar surface area (TPSA) is 86.7 Å². The van der Waals surface area contributed by atoms with Gasteiger partial charge in [0.25, 0.3) is 0 Å². The van der Waals surface area contributed by atoms with Crippen LogP contribution in [-0.4, -0.2) is 36.5 Å². The molecule has 8 heteroatoms. The van der Waals surface area contributed by atoms with E-state index in [0.717, 1.165) is 25.1 Å². The summed E-state index contributed by atoms with van der Waals surface area (Å²) < 4.78 is 12.4. The van der Waals surface area contributed by atoms with Crippen molar-refractivity contribution in [2.75, 3.05) is 20.8 Å². The van der Waals surface area contributed by atoms with E-state index in [0.29, 0.717) is 24.0 Å². The summed E-state index contributed by atoms with van der Waals surface area (Å²) in [7, 11) is 3.22. The monoisotopic (exact) mass is 445 g/mol. The maximum atomic E-state index is 5.87. The minimum atomic E-state index is 0. The molecule has 0 bridgehead atoms. The van der Waals surface area contributed by atoms with Crippen LogP contribution in [0.2, 0.25) is 0 Å². The number of nitrogens with zero attached hydrogens (tertiary/aromatic N) is 3. The largest absolute Gasteiger partial charge is 0.493 e. The van der Waals surface area contributed by atoms with E-state index in [-0.39, 0.29) is 24.0 Å². The number of nitrogens with two attached hydrogens (primary N) is 1. The molecular weight excluding hydrogens is 421 g/mol. The van der Waals surface area contributed by atoms with E-state index in [1.807, 2.05) is 35.1 Å². The lowest BCUT2D eigenvalue weighted by Crippen LogP contribution is -2.32. The number of aromatic nitrogens is 2. The third kappa shape index (κ3) is 6.26. The van der Waals surface area contributed by atoms with Crippen LogP contribution in [0.15, 0.2) is 41.7 Å². The maximum Gasteiger partial charge on any atom is 0.188 e. The second-order valence-electron chi connectivity index (χ2n) is 4.94. The standard InChI is InChI=1S/C16H23N5O2.HI/c1-22-14-6-5-13(11-15(14)23-2)12-19-16(17)18-7-3-9-21-10-4-8-20-21;/h4-6,8,10-11H,3,7,9,12H2,1-2H3,(H3,17,18,19);1H. The van der Waals surface area contributed by atoms with Crippen molar-refractivity contribution in [2.24, 2.45) is 10.7 Å². The minimum Gasteiger partial charge on any atom is -0.493 e. The molecule has 7 nitrogen and oxygen atoms in total. The normalized spacial score (nSPS) is 10.8. The Kier molecular flexibility index (Phi) is 8.98. The Bertz CT molecular complexity index is 631. The number of aliphatic imine (C=N–C) groups is 1. The predicted molar refractivity (Wildman–Crippen MR) is 105 cm³/mol. The van der Waals surface area contributed by atoms with Gasteiger partial charge in [-0.2, -0.15) is 5.10 Å². The highest BCUT2D eigenvalue weighted by molar-refractivity contribution is 14.0. The van der Waals surface area contributed by atoms with Gasteiger partial charge < -0.3 is 20.5 Å². The van der Waals surface area contributed by atoms with Crippen LogP contribution in [-0.2, 0) is 13.1 Å². The van der Waals surface area contributed by atoms with Gasteiger partial charge in [-0.1, -0.05) is 6.07 Å². The predicted octanol–water partition coefficient (Wildman–Crippen LogP) is 2.01. The second-order valence-corrected chi connectivity index (χ2v) is 4.94. The van der Waals surface area contributed by atoms with Gasteiger partial charge in [0, 0.05) is 25.5 Å². The van der Waals surface area contributed by atoms with Crippen molar-refractivity contribution in [3.05, 3.63) is 42.2 Å². The van der Waals surface area contributed by atoms with Crippen LogP contribution < -0.4 is 20.5 Å². The van der Waals surface area contributed by atoms with Gasteiger partial charge >= 0.3 is 0 Å².